The summed E-state index contributed by atoms with van der Waals surface area (Å²) in [5.74, 6) is 0.686. The van der Waals surface area contributed by atoms with Gasteiger partial charge in [0.2, 0.25) is 0 Å². The molecule has 0 aliphatic heterocycles. The fraction of sp³-hybridized carbons (Fsp3) is 0.846. The van der Waals surface area contributed by atoms with E-state index in [4.69, 9.17) is 4.74 Å². The number of carbonyl (C=O) groups is 1. The maximum absolute atomic E-state index is 11.4. The van der Waals surface area contributed by atoms with E-state index in [1.807, 2.05) is 6.92 Å². The lowest BCUT2D eigenvalue weighted by molar-refractivity contribution is 0.162. The topological polar surface area (TPSA) is 38.7 Å². The molecule has 2 atom stereocenters. The Labute approximate surface area is 97.3 Å². The Kier molecular flexibility index (Phi) is 2.59. The summed E-state index contributed by atoms with van der Waals surface area (Å²) in [4.78, 5) is 15.6. The van der Waals surface area contributed by atoms with Gasteiger partial charge in [0.25, 0.3) is 0 Å². The molecule has 0 aromatic carbocycles. The molecule has 3 nitrogen and oxygen atoms in total. The van der Waals surface area contributed by atoms with E-state index in [0.29, 0.717) is 12.5 Å². The van der Waals surface area contributed by atoms with Crippen LogP contribution in [0.25, 0.3) is 0 Å². The van der Waals surface area contributed by atoms with E-state index in [2.05, 4.69) is 25.8 Å². The molecule has 1 amide bonds. The highest BCUT2D eigenvalue weighted by Crippen LogP contribution is 2.63. The molecule has 2 aliphatic carbocycles. The standard InChI is InChI=1S/C13H21NO2/c1-5-16-11(15)14-10-8-9-6-7-13(10,4)12(9,2)3/h9H,5-8H2,1-4H3/t9-,13-/m0/s1. The van der Waals surface area contributed by atoms with Crippen molar-refractivity contribution in [2.75, 3.05) is 6.61 Å². The largest absolute Gasteiger partial charge is 0.448 e. The van der Waals surface area contributed by atoms with Crippen molar-refractivity contribution >= 4 is 11.8 Å². The Morgan fingerprint density at radius 1 is 1.50 bits per heavy atom. The number of hydrogen-bond acceptors (Lipinski definition) is 2. The van der Waals surface area contributed by atoms with Crippen molar-refractivity contribution in [1.82, 2.24) is 0 Å². The first kappa shape index (κ1) is 11.6. The predicted molar refractivity (Wildman–Crippen MR) is 63.7 cm³/mol. The van der Waals surface area contributed by atoms with Gasteiger partial charge in [-0.25, -0.2) is 4.79 Å². The molecular formula is C13H21NO2. The number of aliphatic imine (C=N–C) groups is 1. The minimum atomic E-state index is -0.415. The Hall–Kier alpha value is -0.860. The van der Waals surface area contributed by atoms with E-state index in [0.717, 1.165) is 18.6 Å². The maximum Gasteiger partial charge on any atom is 0.433 e. The third-order valence-corrected chi connectivity index (χ3v) is 5.01. The molecule has 90 valence electrons. The average molecular weight is 223 g/mol. The fourth-order valence-electron chi connectivity index (χ4n) is 3.36. The molecule has 16 heavy (non-hydrogen) atoms. The molecular weight excluding hydrogens is 202 g/mol. The van der Waals surface area contributed by atoms with Crippen LogP contribution in [0.3, 0.4) is 0 Å². The van der Waals surface area contributed by atoms with Crippen LogP contribution < -0.4 is 0 Å². The van der Waals surface area contributed by atoms with Gasteiger partial charge in [-0.2, -0.15) is 4.99 Å². The molecule has 0 heterocycles. The highest BCUT2D eigenvalue weighted by atomic mass is 16.5. The van der Waals surface area contributed by atoms with Gasteiger partial charge in [-0.15, -0.1) is 0 Å². The zero-order valence-corrected chi connectivity index (χ0v) is 10.7. The molecule has 0 N–H and O–H groups in total. The van der Waals surface area contributed by atoms with Gasteiger partial charge < -0.3 is 4.74 Å². The zero-order valence-electron chi connectivity index (χ0n) is 10.7. The van der Waals surface area contributed by atoms with Crippen molar-refractivity contribution in [3.05, 3.63) is 0 Å². The third-order valence-electron chi connectivity index (χ3n) is 5.01. The molecule has 3 heteroatoms. The Morgan fingerprint density at radius 2 is 2.19 bits per heavy atom. The van der Waals surface area contributed by atoms with E-state index in [-0.39, 0.29) is 10.8 Å². The summed E-state index contributed by atoms with van der Waals surface area (Å²) in [5.41, 5.74) is 1.44. The summed E-state index contributed by atoms with van der Waals surface area (Å²) in [5, 5.41) is 0. The second-order valence-corrected chi connectivity index (χ2v) is 5.75. The second kappa shape index (κ2) is 3.57. The zero-order chi connectivity index (χ0) is 12.0. The van der Waals surface area contributed by atoms with Crippen molar-refractivity contribution in [3.8, 4) is 0 Å². The molecule has 2 rings (SSSR count). The van der Waals surface area contributed by atoms with Crippen LogP contribution in [-0.2, 0) is 4.74 Å². The Morgan fingerprint density at radius 3 is 2.62 bits per heavy atom. The van der Waals surface area contributed by atoms with E-state index in [1.54, 1.807) is 0 Å². The number of carbonyl (C=O) groups excluding carboxylic acids is 1. The number of hydrogen-bond donors (Lipinski definition) is 0. The minimum Gasteiger partial charge on any atom is -0.448 e. The lowest BCUT2D eigenvalue weighted by Gasteiger charge is -2.34. The lowest BCUT2D eigenvalue weighted by Crippen LogP contribution is -2.33. The summed E-state index contributed by atoms with van der Waals surface area (Å²) >= 11 is 0. The van der Waals surface area contributed by atoms with Crippen molar-refractivity contribution in [3.63, 3.8) is 0 Å². The van der Waals surface area contributed by atoms with E-state index < -0.39 is 6.09 Å². The number of fused-ring (bicyclic) bond motifs is 2. The van der Waals surface area contributed by atoms with Gasteiger partial charge in [-0.1, -0.05) is 20.8 Å². The predicted octanol–water partition coefficient (Wildman–Crippen LogP) is 3.43. The van der Waals surface area contributed by atoms with Gasteiger partial charge in [0.15, 0.2) is 0 Å². The van der Waals surface area contributed by atoms with Crippen LogP contribution in [0.5, 0.6) is 0 Å². The summed E-state index contributed by atoms with van der Waals surface area (Å²) in [6.45, 7) is 9.07. The van der Waals surface area contributed by atoms with Gasteiger partial charge in [0.1, 0.15) is 0 Å². The quantitative estimate of drug-likeness (QED) is 0.683. The molecule has 0 radical (unpaired) electrons. The van der Waals surface area contributed by atoms with Gasteiger partial charge in [-0.05, 0) is 37.5 Å². The van der Waals surface area contributed by atoms with Gasteiger partial charge in [0, 0.05) is 11.1 Å². The highest BCUT2D eigenvalue weighted by Gasteiger charge is 2.59. The first-order valence-corrected chi connectivity index (χ1v) is 6.16. The monoisotopic (exact) mass is 223 g/mol. The van der Waals surface area contributed by atoms with Crippen LogP contribution in [0.4, 0.5) is 4.79 Å². The summed E-state index contributed by atoms with van der Waals surface area (Å²) < 4.78 is 4.90. The van der Waals surface area contributed by atoms with Crippen LogP contribution >= 0.6 is 0 Å². The second-order valence-electron chi connectivity index (χ2n) is 5.75. The molecule has 0 aromatic heterocycles. The highest BCUT2D eigenvalue weighted by molar-refractivity contribution is 6.00. The summed E-state index contributed by atoms with van der Waals surface area (Å²) in [6.07, 6.45) is 2.98. The van der Waals surface area contributed by atoms with Gasteiger partial charge in [-0.3, -0.25) is 0 Å². The Balaban J connectivity index is 2.24. The molecule has 2 fully saturated rings. The van der Waals surface area contributed by atoms with Gasteiger partial charge in [0.05, 0.1) is 6.61 Å². The van der Waals surface area contributed by atoms with Crippen LogP contribution in [0.2, 0.25) is 0 Å². The van der Waals surface area contributed by atoms with Crippen molar-refractivity contribution < 1.29 is 9.53 Å². The molecule has 0 saturated heterocycles. The molecule has 2 aliphatic rings. The maximum atomic E-state index is 11.4. The smallest absolute Gasteiger partial charge is 0.433 e. The molecule has 0 spiro atoms. The van der Waals surface area contributed by atoms with Crippen molar-refractivity contribution in [2.24, 2.45) is 21.7 Å². The minimum absolute atomic E-state index is 0.102. The van der Waals surface area contributed by atoms with Crippen LogP contribution in [0, 0.1) is 16.7 Å². The van der Waals surface area contributed by atoms with Crippen LogP contribution in [0.15, 0.2) is 4.99 Å². The number of amides is 1. The molecule has 2 saturated carbocycles. The number of rotatable bonds is 1. The fourth-order valence-corrected chi connectivity index (χ4v) is 3.36. The summed E-state index contributed by atoms with van der Waals surface area (Å²) in [6, 6.07) is 0. The van der Waals surface area contributed by atoms with E-state index in [1.165, 1.54) is 6.42 Å². The van der Waals surface area contributed by atoms with Crippen LogP contribution in [0.1, 0.15) is 47.0 Å². The summed E-state index contributed by atoms with van der Waals surface area (Å²) in [7, 11) is 0. The number of ether oxygens (including phenoxy) is 1. The third kappa shape index (κ3) is 1.40. The van der Waals surface area contributed by atoms with E-state index >= 15 is 0 Å². The van der Waals surface area contributed by atoms with E-state index in [9.17, 15) is 4.79 Å². The lowest BCUT2D eigenvalue weighted by atomic mass is 9.70. The first-order valence-electron chi connectivity index (χ1n) is 6.16. The van der Waals surface area contributed by atoms with Crippen LogP contribution in [-0.4, -0.2) is 18.4 Å². The average Bonchev–Trinajstić information content (AvgIpc) is 2.51. The molecule has 2 bridgehead atoms. The van der Waals surface area contributed by atoms with Gasteiger partial charge >= 0.3 is 6.09 Å². The van der Waals surface area contributed by atoms with Crippen molar-refractivity contribution in [1.29, 1.82) is 0 Å². The first-order chi connectivity index (χ1) is 7.41. The number of nitrogens with zero attached hydrogens (tertiary/aromatic N) is 1. The molecule has 0 aromatic rings. The van der Waals surface area contributed by atoms with Crippen molar-refractivity contribution in [2.45, 2.75) is 47.0 Å². The molecule has 0 unspecified atom stereocenters. The Bertz CT molecular complexity index is 346. The SMILES string of the molecule is CCOC(=O)N=C1C[C@@H]2CC[C@]1(C)C2(C)C. The normalized spacial score (nSPS) is 38.0.